The molecule has 0 spiro atoms. The summed E-state index contributed by atoms with van der Waals surface area (Å²) in [5.41, 5.74) is 2.17. The van der Waals surface area contributed by atoms with Gasteiger partial charge in [0.05, 0.1) is 5.69 Å². The molecule has 8 heteroatoms. The summed E-state index contributed by atoms with van der Waals surface area (Å²) in [5.74, 6) is 0.885. The van der Waals surface area contributed by atoms with Crippen molar-refractivity contribution in [2.45, 2.75) is 26.4 Å². The molecule has 26 heavy (non-hydrogen) atoms. The SMILES string of the molecule is Cc1noc(C)c1CNC(=O)NC(c1cccc(F)c1)c1nccn1C. The summed E-state index contributed by atoms with van der Waals surface area (Å²) in [5, 5.41) is 9.50. The number of nitrogens with zero attached hydrogens (tertiary/aromatic N) is 3. The molecule has 0 fully saturated rings. The van der Waals surface area contributed by atoms with E-state index in [9.17, 15) is 9.18 Å². The second-order valence-electron chi connectivity index (χ2n) is 6.01. The number of carbonyl (C=O) groups is 1. The van der Waals surface area contributed by atoms with Crippen molar-refractivity contribution in [3.8, 4) is 0 Å². The first-order chi connectivity index (χ1) is 12.5. The number of carbonyl (C=O) groups excluding carboxylic acids is 1. The molecule has 0 saturated heterocycles. The summed E-state index contributed by atoms with van der Waals surface area (Å²) < 4.78 is 20.5. The fourth-order valence-corrected chi connectivity index (χ4v) is 2.74. The third-order valence-corrected chi connectivity index (χ3v) is 4.18. The Labute approximate surface area is 150 Å². The Morgan fingerprint density at radius 1 is 1.38 bits per heavy atom. The predicted octanol–water partition coefficient (Wildman–Crippen LogP) is 2.75. The zero-order valence-corrected chi connectivity index (χ0v) is 14.8. The molecule has 3 rings (SSSR count). The van der Waals surface area contributed by atoms with E-state index in [4.69, 9.17) is 4.52 Å². The van der Waals surface area contributed by atoms with E-state index in [-0.39, 0.29) is 12.4 Å². The predicted molar refractivity (Wildman–Crippen MR) is 92.8 cm³/mol. The molecule has 0 radical (unpaired) electrons. The van der Waals surface area contributed by atoms with Crippen LogP contribution in [-0.2, 0) is 13.6 Å². The van der Waals surface area contributed by atoms with Gasteiger partial charge in [0.15, 0.2) is 0 Å². The largest absolute Gasteiger partial charge is 0.361 e. The van der Waals surface area contributed by atoms with Crippen LogP contribution in [0, 0.1) is 19.7 Å². The maximum Gasteiger partial charge on any atom is 0.315 e. The van der Waals surface area contributed by atoms with Gasteiger partial charge in [-0.3, -0.25) is 0 Å². The first-order valence-electron chi connectivity index (χ1n) is 8.14. The van der Waals surface area contributed by atoms with Crippen LogP contribution in [0.1, 0.15) is 34.4 Å². The van der Waals surface area contributed by atoms with E-state index < -0.39 is 12.1 Å². The number of halogens is 1. The molecule has 2 heterocycles. The first kappa shape index (κ1) is 17.7. The molecule has 0 aliphatic rings. The highest BCUT2D eigenvalue weighted by molar-refractivity contribution is 5.75. The maximum absolute atomic E-state index is 13.7. The molecule has 0 saturated carbocycles. The van der Waals surface area contributed by atoms with Gasteiger partial charge in [0.25, 0.3) is 0 Å². The topological polar surface area (TPSA) is 85.0 Å². The molecule has 2 aromatic heterocycles. The Bertz CT molecular complexity index is 898. The Hall–Kier alpha value is -3.16. The number of amides is 2. The summed E-state index contributed by atoms with van der Waals surface area (Å²) in [6.45, 7) is 3.89. The van der Waals surface area contributed by atoms with Gasteiger partial charge in [0.2, 0.25) is 0 Å². The molecule has 0 aliphatic carbocycles. The summed E-state index contributed by atoms with van der Waals surface area (Å²) in [7, 11) is 1.82. The van der Waals surface area contributed by atoms with Gasteiger partial charge >= 0.3 is 6.03 Å². The zero-order chi connectivity index (χ0) is 18.7. The highest BCUT2D eigenvalue weighted by Crippen LogP contribution is 2.21. The van der Waals surface area contributed by atoms with Crippen LogP contribution in [0.5, 0.6) is 0 Å². The summed E-state index contributed by atoms with van der Waals surface area (Å²) in [4.78, 5) is 16.7. The lowest BCUT2D eigenvalue weighted by molar-refractivity contribution is 0.237. The van der Waals surface area contributed by atoms with Crippen LogP contribution in [0.2, 0.25) is 0 Å². The normalized spacial score (nSPS) is 12.0. The van der Waals surface area contributed by atoms with Gasteiger partial charge in [-0.2, -0.15) is 0 Å². The Kier molecular flexibility index (Phi) is 5.01. The van der Waals surface area contributed by atoms with Gasteiger partial charge in [0.1, 0.15) is 23.4 Å². The van der Waals surface area contributed by atoms with Crippen molar-refractivity contribution in [1.29, 1.82) is 0 Å². The number of rotatable bonds is 5. The fraction of sp³-hybridized carbons (Fsp3) is 0.278. The Morgan fingerprint density at radius 3 is 2.81 bits per heavy atom. The van der Waals surface area contributed by atoms with E-state index in [1.165, 1.54) is 12.1 Å². The molecule has 1 unspecified atom stereocenters. The van der Waals surface area contributed by atoms with Crippen LogP contribution in [0.25, 0.3) is 0 Å². The lowest BCUT2D eigenvalue weighted by Gasteiger charge is -2.19. The average molecular weight is 357 g/mol. The van der Waals surface area contributed by atoms with E-state index in [0.29, 0.717) is 17.1 Å². The lowest BCUT2D eigenvalue weighted by atomic mass is 10.1. The third-order valence-electron chi connectivity index (χ3n) is 4.18. The Morgan fingerprint density at radius 2 is 2.19 bits per heavy atom. The molecule has 7 nitrogen and oxygen atoms in total. The Balaban J connectivity index is 1.77. The van der Waals surface area contributed by atoms with Crippen molar-refractivity contribution in [3.63, 3.8) is 0 Å². The van der Waals surface area contributed by atoms with Crippen LogP contribution in [0.15, 0.2) is 41.2 Å². The second kappa shape index (κ2) is 7.38. The summed E-state index contributed by atoms with van der Waals surface area (Å²) in [6, 6.07) is 5.10. The lowest BCUT2D eigenvalue weighted by Crippen LogP contribution is -2.39. The standard InChI is InChI=1S/C18H20FN5O2/c1-11-15(12(2)26-23-11)10-21-18(25)22-16(17-20-7-8-24(17)3)13-5-4-6-14(19)9-13/h4-9,16H,10H2,1-3H3,(H2,21,22,25). The van der Waals surface area contributed by atoms with E-state index in [1.54, 1.807) is 36.0 Å². The van der Waals surface area contributed by atoms with Gasteiger partial charge in [-0.1, -0.05) is 17.3 Å². The zero-order valence-electron chi connectivity index (χ0n) is 14.8. The van der Waals surface area contributed by atoms with Crippen molar-refractivity contribution in [2.75, 3.05) is 0 Å². The van der Waals surface area contributed by atoms with Crippen LogP contribution < -0.4 is 10.6 Å². The van der Waals surface area contributed by atoms with Crippen molar-refractivity contribution in [1.82, 2.24) is 25.3 Å². The average Bonchev–Trinajstić information content (AvgIpc) is 3.16. The van der Waals surface area contributed by atoms with Crippen LogP contribution >= 0.6 is 0 Å². The van der Waals surface area contributed by atoms with Crippen LogP contribution in [-0.4, -0.2) is 20.7 Å². The molecular weight excluding hydrogens is 337 g/mol. The molecular formula is C18H20FN5O2. The molecule has 2 amide bonds. The fourth-order valence-electron chi connectivity index (χ4n) is 2.74. The highest BCUT2D eigenvalue weighted by Gasteiger charge is 2.21. The first-order valence-corrected chi connectivity index (χ1v) is 8.14. The van der Waals surface area contributed by atoms with Crippen molar-refractivity contribution in [2.24, 2.45) is 7.05 Å². The number of imidazole rings is 1. The number of benzene rings is 1. The molecule has 1 aromatic carbocycles. The minimum absolute atomic E-state index is 0.281. The van der Waals surface area contributed by atoms with E-state index in [0.717, 1.165) is 11.3 Å². The van der Waals surface area contributed by atoms with Gasteiger partial charge < -0.3 is 19.7 Å². The third kappa shape index (κ3) is 3.74. The molecule has 1 atom stereocenters. The van der Waals surface area contributed by atoms with Crippen LogP contribution in [0.3, 0.4) is 0 Å². The van der Waals surface area contributed by atoms with Crippen LogP contribution in [0.4, 0.5) is 9.18 Å². The summed E-state index contributed by atoms with van der Waals surface area (Å²) >= 11 is 0. The molecule has 0 bridgehead atoms. The van der Waals surface area contributed by atoms with Crippen molar-refractivity contribution in [3.05, 3.63) is 70.9 Å². The number of hydrogen-bond donors (Lipinski definition) is 2. The number of aromatic nitrogens is 3. The number of hydrogen-bond acceptors (Lipinski definition) is 4. The smallest absolute Gasteiger partial charge is 0.315 e. The number of urea groups is 1. The molecule has 136 valence electrons. The van der Waals surface area contributed by atoms with Gasteiger partial charge in [-0.05, 0) is 31.5 Å². The molecule has 2 N–H and O–H groups in total. The quantitative estimate of drug-likeness (QED) is 0.735. The highest BCUT2D eigenvalue weighted by atomic mass is 19.1. The van der Waals surface area contributed by atoms with Gasteiger partial charge in [-0.15, -0.1) is 0 Å². The van der Waals surface area contributed by atoms with Crippen molar-refractivity contribution < 1.29 is 13.7 Å². The van der Waals surface area contributed by atoms with Gasteiger partial charge in [-0.25, -0.2) is 14.2 Å². The summed E-state index contributed by atoms with van der Waals surface area (Å²) in [6.07, 6.45) is 3.40. The van der Waals surface area contributed by atoms with E-state index in [2.05, 4.69) is 20.8 Å². The van der Waals surface area contributed by atoms with Gasteiger partial charge in [0, 0.05) is 31.5 Å². The van der Waals surface area contributed by atoms with Crippen molar-refractivity contribution >= 4 is 6.03 Å². The van der Waals surface area contributed by atoms with E-state index >= 15 is 0 Å². The minimum Gasteiger partial charge on any atom is -0.361 e. The maximum atomic E-state index is 13.7. The second-order valence-corrected chi connectivity index (χ2v) is 6.01. The minimum atomic E-state index is -0.588. The van der Waals surface area contributed by atoms with E-state index in [1.807, 2.05) is 14.0 Å². The number of aryl methyl sites for hydroxylation is 3. The number of nitrogens with one attached hydrogen (secondary N) is 2. The molecule has 0 aliphatic heterocycles. The monoisotopic (exact) mass is 357 g/mol. The molecule has 3 aromatic rings.